The minimum atomic E-state index is 1.12. The predicted octanol–water partition coefficient (Wildman–Crippen LogP) is 15.1. The summed E-state index contributed by atoms with van der Waals surface area (Å²) in [5.74, 6) is 0. The van der Waals surface area contributed by atoms with Crippen molar-refractivity contribution in [3.8, 4) is 44.5 Å². The van der Waals surface area contributed by atoms with Crippen LogP contribution in [-0.4, -0.2) is 0 Å². The van der Waals surface area contributed by atoms with Crippen LogP contribution in [0.15, 0.2) is 182 Å². The van der Waals surface area contributed by atoms with Crippen molar-refractivity contribution in [2.75, 3.05) is 4.90 Å². The molecule has 9 aromatic rings. The maximum atomic E-state index is 2.53. The highest BCUT2D eigenvalue weighted by Crippen LogP contribution is 2.50. The van der Waals surface area contributed by atoms with E-state index in [1.807, 2.05) is 11.3 Å². The fraction of sp³-hybridized carbons (Fsp3) is 0.0588. The molecule has 254 valence electrons. The van der Waals surface area contributed by atoms with Gasteiger partial charge in [-0.1, -0.05) is 146 Å². The van der Waals surface area contributed by atoms with E-state index in [0.29, 0.717) is 0 Å². The number of rotatable bonds is 7. The topological polar surface area (TPSA) is 3.24 Å². The van der Waals surface area contributed by atoms with Crippen LogP contribution in [-0.2, 0) is 0 Å². The first-order valence-electron chi connectivity index (χ1n) is 18.3. The number of anilines is 3. The molecule has 1 aromatic heterocycles. The SMILES string of the molecule is Cc1ccccc1-c1cccc(-c2c(C)cccc2N(c2cc(-c3ccccc3)cc(-c3ccccc3)c2)c2cccc3c2sc2ccccc23)c1C. The Morgan fingerprint density at radius 3 is 1.68 bits per heavy atom. The Balaban J connectivity index is 1.37. The van der Waals surface area contributed by atoms with Crippen molar-refractivity contribution in [2.24, 2.45) is 0 Å². The number of hydrogen-bond donors (Lipinski definition) is 0. The van der Waals surface area contributed by atoms with Gasteiger partial charge in [-0.15, -0.1) is 11.3 Å². The van der Waals surface area contributed by atoms with Crippen molar-refractivity contribution in [3.63, 3.8) is 0 Å². The summed E-state index contributed by atoms with van der Waals surface area (Å²) in [6.07, 6.45) is 0. The maximum Gasteiger partial charge on any atom is 0.0640 e. The molecule has 0 aliphatic heterocycles. The Hall–Kier alpha value is -6.22. The standard InChI is InChI=1S/C51H39NS/c1-34-17-10-11-23-42(34)43-25-15-26-44(36(43)3)50-35(2)18-14-28-47(50)52(48-29-16-27-46-45-24-12-13-30-49(45)53-51(46)48)41-32-39(37-19-6-4-7-20-37)31-40(33-41)38-21-8-5-9-22-38/h4-33H,1-3H3. The average Bonchev–Trinajstić information content (AvgIpc) is 3.59. The van der Waals surface area contributed by atoms with E-state index in [4.69, 9.17) is 0 Å². The number of thiophene rings is 1. The lowest BCUT2D eigenvalue weighted by molar-refractivity contribution is 1.28. The number of nitrogens with zero attached hydrogens (tertiary/aromatic N) is 1. The second-order valence-corrected chi connectivity index (χ2v) is 14.9. The van der Waals surface area contributed by atoms with Crippen LogP contribution in [0.3, 0.4) is 0 Å². The van der Waals surface area contributed by atoms with Crippen molar-refractivity contribution in [1.29, 1.82) is 0 Å². The third-order valence-electron chi connectivity index (χ3n) is 10.5. The Morgan fingerprint density at radius 2 is 0.943 bits per heavy atom. The summed E-state index contributed by atoms with van der Waals surface area (Å²) in [6, 6.07) is 66.5. The van der Waals surface area contributed by atoms with E-state index in [2.05, 4.69) is 208 Å². The average molecular weight is 698 g/mol. The summed E-state index contributed by atoms with van der Waals surface area (Å²) in [5.41, 5.74) is 17.0. The minimum Gasteiger partial charge on any atom is -0.308 e. The molecule has 0 N–H and O–H groups in total. The van der Waals surface area contributed by atoms with E-state index in [1.54, 1.807) is 0 Å². The molecule has 0 radical (unpaired) electrons. The lowest BCUT2D eigenvalue weighted by Crippen LogP contribution is -2.12. The summed E-state index contributed by atoms with van der Waals surface area (Å²) in [6.45, 7) is 6.75. The molecule has 9 rings (SSSR count). The van der Waals surface area contributed by atoms with Gasteiger partial charge < -0.3 is 4.90 Å². The molecular formula is C51H39NS. The molecule has 8 aromatic carbocycles. The van der Waals surface area contributed by atoms with Crippen LogP contribution in [0.1, 0.15) is 16.7 Å². The lowest BCUT2D eigenvalue weighted by Gasteiger charge is -2.30. The molecule has 0 unspecified atom stereocenters. The number of aryl methyl sites for hydroxylation is 2. The third kappa shape index (κ3) is 5.92. The van der Waals surface area contributed by atoms with Gasteiger partial charge in [0.15, 0.2) is 0 Å². The molecule has 0 atom stereocenters. The summed E-state index contributed by atoms with van der Waals surface area (Å²) in [4.78, 5) is 2.53. The van der Waals surface area contributed by atoms with E-state index < -0.39 is 0 Å². The molecule has 0 bridgehead atoms. The second kappa shape index (κ2) is 13.7. The molecule has 1 nitrogen and oxygen atoms in total. The highest BCUT2D eigenvalue weighted by Gasteiger charge is 2.24. The van der Waals surface area contributed by atoms with Crippen molar-refractivity contribution < 1.29 is 0 Å². The molecule has 0 saturated heterocycles. The van der Waals surface area contributed by atoms with Crippen LogP contribution in [0.4, 0.5) is 17.1 Å². The van der Waals surface area contributed by atoms with Gasteiger partial charge in [0.25, 0.3) is 0 Å². The van der Waals surface area contributed by atoms with Gasteiger partial charge in [-0.25, -0.2) is 0 Å². The molecule has 53 heavy (non-hydrogen) atoms. The number of benzene rings is 8. The quantitative estimate of drug-likeness (QED) is 0.160. The highest BCUT2D eigenvalue weighted by molar-refractivity contribution is 7.26. The van der Waals surface area contributed by atoms with E-state index in [-0.39, 0.29) is 0 Å². The summed E-state index contributed by atoms with van der Waals surface area (Å²) < 4.78 is 2.57. The van der Waals surface area contributed by atoms with Crippen molar-refractivity contribution >= 4 is 48.6 Å². The fourth-order valence-corrected chi connectivity index (χ4v) is 9.12. The maximum absolute atomic E-state index is 2.53. The predicted molar refractivity (Wildman–Crippen MR) is 230 cm³/mol. The van der Waals surface area contributed by atoms with Crippen molar-refractivity contribution in [2.45, 2.75) is 20.8 Å². The normalized spacial score (nSPS) is 11.3. The van der Waals surface area contributed by atoms with E-state index >= 15 is 0 Å². The summed E-state index contributed by atoms with van der Waals surface area (Å²) >= 11 is 1.88. The van der Waals surface area contributed by atoms with Crippen LogP contribution < -0.4 is 4.90 Å². The molecule has 0 amide bonds. The zero-order valence-corrected chi connectivity index (χ0v) is 31.0. The molecule has 0 fully saturated rings. The van der Waals surface area contributed by atoms with Crippen LogP contribution in [0, 0.1) is 20.8 Å². The monoisotopic (exact) mass is 697 g/mol. The molecule has 2 heteroatoms. The summed E-state index contributed by atoms with van der Waals surface area (Å²) in [7, 11) is 0. The van der Waals surface area contributed by atoms with Gasteiger partial charge in [0.1, 0.15) is 0 Å². The van der Waals surface area contributed by atoms with Crippen molar-refractivity contribution in [1.82, 2.24) is 0 Å². The van der Waals surface area contributed by atoms with E-state index in [9.17, 15) is 0 Å². The van der Waals surface area contributed by atoms with Gasteiger partial charge in [0.05, 0.1) is 16.1 Å². The Labute approximate surface area is 316 Å². The minimum absolute atomic E-state index is 1.12. The lowest BCUT2D eigenvalue weighted by atomic mass is 9.88. The number of hydrogen-bond acceptors (Lipinski definition) is 2. The first-order valence-corrected chi connectivity index (χ1v) is 19.1. The molecular weight excluding hydrogens is 659 g/mol. The number of fused-ring (bicyclic) bond motifs is 3. The molecule has 0 aliphatic rings. The largest absolute Gasteiger partial charge is 0.308 e. The highest BCUT2D eigenvalue weighted by atomic mass is 32.1. The molecule has 0 saturated carbocycles. The van der Waals surface area contributed by atoms with E-state index in [1.165, 1.54) is 87.1 Å². The van der Waals surface area contributed by atoms with Gasteiger partial charge in [-0.2, -0.15) is 0 Å². The smallest absolute Gasteiger partial charge is 0.0640 e. The van der Waals surface area contributed by atoms with Crippen LogP contribution in [0.5, 0.6) is 0 Å². The molecule has 0 aliphatic carbocycles. The molecule has 0 spiro atoms. The van der Waals surface area contributed by atoms with Crippen molar-refractivity contribution in [3.05, 3.63) is 199 Å². The van der Waals surface area contributed by atoms with Gasteiger partial charge in [-0.3, -0.25) is 0 Å². The fourth-order valence-electron chi connectivity index (χ4n) is 7.91. The Morgan fingerprint density at radius 1 is 0.396 bits per heavy atom. The Kier molecular flexibility index (Phi) is 8.46. The first-order chi connectivity index (χ1) is 26.0. The first kappa shape index (κ1) is 32.7. The second-order valence-electron chi connectivity index (χ2n) is 13.9. The Bertz CT molecular complexity index is 2700. The zero-order chi connectivity index (χ0) is 35.9. The summed E-state index contributed by atoms with van der Waals surface area (Å²) in [5, 5.41) is 2.58. The van der Waals surface area contributed by atoms with Crippen LogP contribution in [0.2, 0.25) is 0 Å². The van der Waals surface area contributed by atoms with E-state index in [0.717, 1.165) is 11.4 Å². The van der Waals surface area contributed by atoms with Crippen LogP contribution >= 0.6 is 11.3 Å². The van der Waals surface area contributed by atoms with Gasteiger partial charge in [-0.05, 0) is 113 Å². The zero-order valence-electron chi connectivity index (χ0n) is 30.2. The molecule has 1 heterocycles. The van der Waals surface area contributed by atoms with Gasteiger partial charge in [0, 0.05) is 26.7 Å². The van der Waals surface area contributed by atoms with Crippen LogP contribution in [0.25, 0.3) is 64.7 Å². The van der Waals surface area contributed by atoms with Gasteiger partial charge in [0.2, 0.25) is 0 Å². The third-order valence-corrected chi connectivity index (χ3v) is 11.8. The van der Waals surface area contributed by atoms with Gasteiger partial charge >= 0.3 is 0 Å².